The Morgan fingerprint density at radius 3 is 2.61 bits per heavy atom. The van der Waals surface area contributed by atoms with Crippen LogP contribution in [0.2, 0.25) is 0 Å². The summed E-state index contributed by atoms with van der Waals surface area (Å²) in [5.74, 6) is 1.58. The Labute approximate surface area is 214 Å². The van der Waals surface area contributed by atoms with Gasteiger partial charge in [-0.25, -0.2) is 5.01 Å². The van der Waals surface area contributed by atoms with E-state index in [1.54, 1.807) is 0 Å². The lowest BCUT2D eigenvalue weighted by Crippen LogP contribution is -2.60. The zero-order valence-electron chi connectivity index (χ0n) is 22.1. The second-order valence-corrected chi connectivity index (χ2v) is 12.0. The van der Waals surface area contributed by atoms with E-state index in [-0.39, 0.29) is 59.3 Å². The van der Waals surface area contributed by atoms with Gasteiger partial charge in [0.2, 0.25) is 11.8 Å². The van der Waals surface area contributed by atoms with Gasteiger partial charge in [0, 0.05) is 42.5 Å². The Balaban J connectivity index is 1.35. The van der Waals surface area contributed by atoms with Crippen LogP contribution in [-0.2, 0) is 9.59 Å². The third-order valence-electron chi connectivity index (χ3n) is 8.22. The van der Waals surface area contributed by atoms with Crippen LogP contribution < -0.4 is 30.8 Å². The summed E-state index contributed by atoms with van der Waals surface area (Å²) in [6.07, 6.45) is 1.61. The van der Waals surface area contributed by atoms with E-state index in [2.05, 4.69) is 60.1 Å². The van der Waals surface area contributed by atoms with E-state index in [9.17, 15) is 9.59 Å². The number of carbonyl (C=O) groups excluding carboxylic acids is 2. The van der Waals surface area contributed by atoms with Gasteiger partial charge in [0.1, 0.15) is 13.2 Å². The van der Waals surface area contributed by atoms with Crippen molar-refractivity contribution in [3.63, 3.8) is 0 Å². The summed E-state index contributed by atoms with van der Waals surface area (Å²) in [7, 11) is 0. The molecule has 0 aliphatic carbocycles. The molecule has 7 atom stereocenters. The van der Waals surface area contributed by atoms with Crippen LogP contribution in [0.5, 0.6) is 11.5 Å². The van der Waals surface area contributed by atoms with Gasteiger partial charge in [-0.3, -0.25) is 20.3 Å². The zero-order chi connectivity index (χ0) is 25.6. The van der Waals surface area contributed by atoms with E-state index in [1.165, 1.54) is 0 Å². The van der Waals surface area contributed by atoms with Crippen LogP contribution in [0.3, 0.4) is 0 Å². The van der Waals surface area contributed by atoms with Crippen LogP contribution in [0.25, 0.3) is 0 Å². The number of hydrogen-bond acceptors (Lipinski definition) is 7. The van der Waals surface area contributed by atoms with E-state index in [1.807, 2.05) is 19.1 Å². The van der Waals surface area contributed by atoms with E-state index in [4.69, 9.17) is 9.47 Å². The SMILES string of the molecule is CC1CC(C)C(CNC(=O)C2CC(c3ccc4c(c3)OCCO4)NC3C2CNN3C(C)(C)C)C(=O)N1. The number of benzene rings is 1. The molecular weight excluding hydrogens is 458 g/mol. The molecule has 7 unspecified atom stereocenters. The van der Waals surface area contributed by atoms with Crippen LogP contribution in [-0.4, -0.2) is 60.9 Å². The molecule has 0 bridgehead atoms. The highest BCUT2D eigenvalue weighted by molar-refractivity contribution is 5.83. The molecule has 3 fully saturated rings. The Kier molecular flexibility index (Phi) is 6.91. The molecule has 4 aliphatic rings. The summed E-state index contributed by atoms with van der Waals surface area (Å²) >= 11 is 0. The number of nitrogens with one attached hydrogen (secondary N) is 4. The maximum absolute atomic E-state index is 13.7. The van der Waals surface area contributed by atoms with Crippen molar-refractivity contribution in [1.29, 1.82) is 0 Å². The minimum Gasteiger partial charge on any atom is -0.486 e. The van der Waals surface area contributed by atoms with Crippen molar-refractivity contribution in [2.45, 2.75) is 71.2 Å². The number of ether oxygens (including phenoxy) is 2. The number of fused-ring (bicyclic) bond motifs is 2. The minimum atomic E-state index is -0.191. The average molecular weight is 500 g/mol. The first-order valence-corrected chi connectivity index (χ1v) is 13.4. The maximum atomic E-state index is 13.7. The van der Waals surface area contributed by atoms with Gasteiger partial charge in [-0.1, -0.05) is 13.0 Å². The molecule has 4 N–H and O–H groups in total. The van der Waals surface area contributed by atoms with Crippen molar-refractivity contribution in [2.75, 3.05) is 26.3 Å². The Morgan fingerprint density at radius 2 is 1.89 bits per heavy atom. The molecule has 9 nitrogen and oxygen atoms in total. The number of nitrogens with zero attached hydrogens (tertiary/aromatic N) is 1. The molecule has 3 saturated heterocycles. The predicted octanol–water partition coefficient (Wildman–Crippen LogP) is 1.95. The van der Waals surface area contributed by atoms with Crippen LogP contribution in [0, 0.1) is 23.7 Å². The van der Waals surface area contributed by atoms with Gasteiger partial charge >= 0.3 is 0 Å². The second kappa shape index (κ2) is 9.84. The first-order valence-electron chi connectivity index (χ1n) is 13.4. The summed E-state index contributed by atoms with van der Waals surface area (Å²) in [4.78, 5) is 26.2. The highest BCUT2D eigenvalue weighted by Gasteiger charge is 2.50. The van der Waals surface area contributed by atoms with Crippen molar-refractivity contribution in [3.05, 3.63) is 23.8 Å². The summed E-state index contributed by atoms with van der Waals surface area (Å²) in [6, 6.07) is 6.25. The zero-order valence-corrected chi connectivity index (χ0v) is 22.1. The van der Waals surface area contributed by atoms with Gasteiger partial charge in [-0.15, -0.1) is 0 Å². The molecule has 1 aromatic rings. The normalized spacial score (nSPS) is 34.6. The van der Waals surface area contributed by atoms with Crippen molar-refractivity contribution in [2.24, 2.45) is 23.7 Å². The fourth-order valence-corrected chi connectivity index (χ4v) is 6.36. The second-order valence-electron chi connectivity index (χ2n) is 12.0. The van der Waals surface area contributed by atoms with Crippen molar-refractivity contribution in [1.82, 2.24) is 26.4 Å². The molecule has 5 rings (SSSR count). The molecule has 0 spiro atoms. The lowest BCUT2D eigenvalue weighted by molar-refractivity contribution is -0.132. The fraction of sp³-hybridized carbons (Fsp3) is 0.704. The monoisotopic (exact) mass is 499 g/mol. The largest absolute Gasteiger partial charge is 0.486 e. The Morgan fingerprint density at radius 1 is 1.14 bits per heavy atom. The number of hydrazine groups is 1. The van der Waals surface area contributed by atoms with E-state index >= 15 is 0 Å². The van der Waals surface area contributed by atoms with Gasteiger partial charge in [0.05, 0.1) is 12.1 Å². The van der Waals surface area contributed by atoms with Crippen molar-refractivity contribution in [3.8, 4) is 11.5 Å². The number of rotatable bonds is 4. The predicted molar refractivity (Wildman–Crippen MR) is 136 cm³/mol. The first-order chi connectivity index (χ1) is 17.1. The smallest absolute Gasteiger partial charge is 0.225 e. The third kappa shape index (κ3) is 4.93. The van der Waals surface area contributed by atoms with E-state index in [0.29, 0.717) is 26.2 Å². The highest BCUT2D eigenvalue weighted by atomic mass is 16.6. The van der Waals surface area contributed by atoms with Gasteiger partial charge in [0.25, 0.3) is 0 Å². The van der Waals surface area contributed by atoms with Gasteiger partial charge in [-0.05, 0) is 64.2 Å². The highest BCUT2D eigenvalue weighted by Crippen LogP contribution is 2.41. The third-order valence-corrected chi connectivity index (χ3v) is 8.22. The summed E-state index contributed by atoms with van der Waals surface area (Å²) in [5.41, 5.74) is 4.52. The standard InChI is InChI=1S/C27H41N5O4/c1-15-10-16(2)30-26(34)19(15)13-28-25(33)18-12-21(17-6-7-22-23(11-17)36-9-8-35-22)31-24-20(18)14-29-32(24)27(3,4)5/h6-7,11,15-16,18-21,24,29,31H,8-10,12-14H2,1-5H3,(H,28,33)(H,30,34). The van der Waals surface area contributed by atoms with Gasteiger partial charge in [-0.2, -0.15) is 0 Å². The van der Waals surface area contributed by atoms with Crippen LogP contribution in [0.15, 0.2) is 18.2 Å². The van der Waals surface area contributed by atoms with Crippen LogP contribution in [0.4, 0.5) is 0 Å². The molecule has 0 radical (unpaired) electrons. The fourth-order valence-electron chi connectivity index (χ4n) is 6.36. The number of piperidine rings is 2. The summed E-state index contributed by atoms with van der Waals surface area (Å²) in [6.45, 7) is 12.9. The maximum Gasteiger partial charge on any atom is 0.225 e. The molecule has 1 aromatic carbocycles. The first kappa shape index (κ1) is 25.3. The quantitative estimate of drug-likeness (QED) is 0.502. The van der Waals surface area contributed by atoms with E-state index < -0.39 is 0 Å². The molecule has 198 valence electrons. The van der Waals surface area contributed by atoms with E-state index in [0.717, 1.165) is 30.0 Å². The molecule has 0 saturated carbocycles. The Bertz CT molecular complexity index is 995. The topological polar surface area (TPSA) is 104 Å². The lowest BCUT2D eigenvalue weighted by atomic mass is 9.78. The van der Waals surface area contributed by atoms with Crippen LogP contribution in [0.1, 0.15) is 59.1 Å². The molecule has 4 aliphatic heterocycles. The summed E-state index contributed by atoms with van der Waals surface area (Å²) < 4.78 is 11.5. The Hall–Kier alpha value is -2.36. The molecular formula is C27H41N5O4. The summed E-state index contributed by atoms with van der Waals surface area (Å²) in [5, 5.41) is 12.3. The van der Waals surface area contributed by atoms with Crippen LogP contribution >= 0.6 is 0 Å². The van der Waals surface area contributed by atoms with Gasteiger partial charge < -0.3 is 20.1 Å². The minimum absolute atomic E-state index is 0.00505. The molecule has 36 heavy (non-hydrogen) atoms. The van der Waals surface area contributed by atoms with Crippen molar-refractivity contribution >= 4 is 11.8 Å². The van der Waals surface area contributed by atoms with Gasteiger partial charge in [0.15, 0.2) is 11.5 Å². The number of amides is 2. The lowest BCUT2D eigenvalue weighted by Gasteiger charge is -2.45. The number of hydrogen-bond donors (Lipinski definition) is 4. The molecule has 2 amide bonds. The molecule has 4 heterocycles. The average Bonchev–Trinajstić information content (AvgIpc) is 3.27. The molecule has 0 aromatic heterocycles. The van der Waals surface area contributed by atoms with Crippen molar-refractivity contribution < 1.29 is 19.1 Å². The molecule has 9 heteroatoms. The number of carbonyl (C=O) groups is 2.